The molecule has 0 aliphatic carbocycles. The molecule has 0 saturated carbocycles. The summed E-state index contributed by atoms with van der Waals surface area (Å²) in [6, 6.07) is 0.387. The Kier molecular flexibility index (Phi) is 2.53. The van der Waals surface area contributed by atoms with Gasteiger partial charge in [0.15, 0.2) is 0 Å². The second-order valence-electron chi connectivity index (χ2n) is 3.61. The van der Waals surface area contributed by atoms with Gasteiger partial charge in [0, 0.05) is 12.5 Å². The van der Waals surface area contributed by atoms with Crippen molar-refractivity contribution >= 4 is 5.91 Å². The summed E-state index contributed by atoms with van der Waals surface area (Å²) in [5.41, 5.74) is 0. The minimum Gasteiger partial charge on any atom is -0.353 e. The van der Waals surface area contributed by atoms with Gasteiger partial charge in [0.25, 0.3) is 0 Å². The number of carbonyl (C=O) groups is 1. The number of carbonyl (C=O) groups excluding carboxylic acids is 1. The van der Waals surface area contributed by atoms with Crippen LogP contribution in [0.1, 0.15) is 33.6 Å². The summed E-state index contributed by atoms with van der Waals surface area (Å²) in [6.07, 6.45) is 1.90. The molecule has 0 bridgehead atoms. The Balaban J connectivity index is 2.52. The number of rotatable bonds is 2. The van der Waals surface area contributed by atoms with Crippen molar-refractivity contribution in [3.05, 3.63) is 0 Å². The Bertz CT molecular complexity index is 156. The van der Waals surface area contributed by atoms with Gasteiger partial charge < -0.3 is 5.32 Å². The molecule has 11 heavy (non-hydrogen) atoms. The fourth-order valence-electron chi connectivity index (χ4n) is 1.81. The van der Waals surface area contributed by atoms with Gasteiger partial charge in [-0.25, -0.2) is 0 Å². The summed E-state index contributed by atoms with van der Waals surface area (Å²) < 4.78 is 0. The van der Waals surface area contributed by atoms with Crippen molar-refractivity contribution in [1.82, 2.24) is 5.32 Å². The third-order valence-electron chi connectivity index (χ3n) is 2.83. The topological polar surface area (TPSA) is 29.1 Å². The minimum atomic E-state index is 0.225. The van der Waals surface area contributed by atoms with Crippen molar-refractivity contribution in [2.75, 3.05) is 0 Å². The molecule has 1 saturated heterocycles. The lowest BCUT2D eigenvalue weighted by atomic mass is 9.86. The van der Waals surface area contributed by atoms with Crippen LogP contribution < -0.4 is 5.32 Å². The normalized spacial score (nSPS) is 33.5. The van der Waals surface area contributed by atoms with Gasteiger partial charge in [-0.05, 0) is 18.8 Å². The molecule has 1 aliphatic heterocycles. The molecule has 1 amide bonds. The van der Waals surface area contributed by atoms with Crippen LogP contribution in [0.25, 0.3) is 0 Å². The Morgan fingerprint density at radius 3 is 2.73 bits per heavy atom. The van der Waals surface area contributed by atoms with E-state index in [1.54, 1.807) is 0 Å². The molecule has 0 aromatic heterocycles. The highest BCUT2D eigenvalue weighted by Crippen LogP contribution is 2.26. The first kappa shape index (κ1) is 8.57. The monoisotopic (exact) mass is 155 g/mol. The van der Waals surface area contributed by atoms with Gasteiger partial charge in [-0.15, -0.1) is 0 Å². The smallest absolute Gasteiger partial charge is 0.220 e. The fourth-order valence-corrected chi connectivity index (χ4v) is 1.81. The SMILES string of the molecule is CCC(C)C1CC(=O)NC1C. The quantitative estimate of drug-likeness (QED) is 0.644. The average Bonchev–Trinajstić information content (AvgIpc) is 2.28. The van der Waals surface area contributed by atoms with E-state index in [1.807, 2.05) is 0 Å². The van der Waals surface area contributed by atoms with Crippen molar-refractivity contribution in [3.63, 3.8) is 0 Å². The van der Waals surface area contributed by atoms with E-state index in [9.17, 15) is 4.79 Å². The Morgan fingerprint density at radius 1 is 1.73 bits per heavy atom. The molecule has 1 aliphatic rings. The molecule has 1 N–H and O–H groups in total. The standard InChI is InChI=1S/C9H17NO/c1-4-6(2)8-5-9(11)10-7(8)3/h6-8H,4-5H2,1-3H3,(H,10,11). The molecule has 3 unspecified atom stereocenters. The Hall–Kier alpha value is -0.530. The molecule has 2 nitrogen and oxygen atoms in total. The Morgan fingerprint density at radius 2 is 2.36 bits per heavy atom. The van der Waals surface area contributed by atoms with Gasteiger partial charge >= 0.3 is 0 Å². The van der Waals surface area contributed by atoms with Crippen LogP contribution in [0.5, 0.6) is 0 Å². The van der Waals surface area contributed by atoms with Crippen LogP contribution in [0.4, 0.5) is 0 Å². The molecule has 0 aromatic rings. The maximum Gasteiger partial charge on any atom is 0.220 e. The molecular weight excluding hydrogens is 138 g/mol. The van der Waals surface area contributed by atoms with Crippen molar-refractivity contribution in [3.8, 4) is 0 Å². The van der Waals surface area contributed by atoms with Gasteiger partial charge in [0.05, 0.1) is 0 Å². The molecule has 64 valence electrons. The van der Waals surface area contributed by atoms with Gasteiger partial charge in [0.1, 0.15) is 0 Å². The van der Waals surface area contributed by atoms with E-state index in [4.69, 9.17) is 0 Å². The highest BCUT2D eigenvalue weighted by atomic mass is 16.1. The summed E-state index contributed by atoms with van der Waals surface area (Å²) in [6.45, 7) is 6.50. The van der Waals surface area contributed by atoms with Crippen LogP contribution in [-0.4, -0.2) is 11.9 Å². The maximum atomic E-state index is 11.0. The van der Waals surface area contributed by atoms with E-state index in [2.05, 4.69) is 26.1 Å². The summed E-state index contributed by atoms with van der Waals surface area (Å²) in [5, 5.41) is 2.94. The van der Waals surface area contributed by atoms with Crippen LogP contribution in [0.2, 0.25) is 0 Å². The number of hydrogen-bond donors (Lipinski definition) is 1. The number of nitrogens with one attached hydrogen (secondary N) is 1. The zero-order chi connectivity index (χ0) is 8.43. The summed E-state index contributed by atoms with van der Waals surface area (Å²) in [7, 11) is 0. The molecular formula is C9H17NO. The van der Waals surface area contributed by atoms with Gasteiger partial charge in [-0.3, -0.25) is 4.79 Å². The summed E-state index contributed by atoms with van der Waals surface area (Å²) in [4.78, 5) is 11.0. The number of hydrogen-bond acceptors (Lipinski definition) is 1. The lowest BCUT2D eigenvalue weighted by Crippen LogP contribution is -2.27. The first-order valence-corrected chi connectivity index (χ1v) is 4.44. The lowest BCUT2D eigenvalue weighted by molar-refractivity contribution is -0.119. The van der Waals surface area contributed by atoms with Gasteiger partial charge in [-0.1, -0.05) is 20.3 Å². The van der Waals surface area contributed by atoms with Crippen molar-refractivity contribution in [1.29, 1.82) is 0 Å². The Labute approximate surface area is 68.4 Å². The van der Waals surface area contributed by atoms with E-state index in [0.29, 0.717) is 17.9 Å². The van der Waals surface area contributed by atoms with Gasteiger partial charge in [0.2, 0.25) is 5.91 Å². The van der Waals surface area contributed by atoms with Crippen LogP contribution in [0.15, 0.2) is 0 Å². The third-order valence-corrected chi connectivity index (χ3v) is 2.83. The summed E-state index contributed by atoms with van der Waals surface area (Å²) in [5.74, 6) is 1.46. The highest BCUT2D eigenvalue weighted by Gasteiger charge is 2.31. The molecule has 1 heterocycles. The molecule has 1 fully saturated rings. The predicted molar refractivity (Wildman–Crippen MR) is 45.2 cm³/mol. The number of amides is 1. The van der Waals surface area contributed by atoms with E-state index < -0.39 is 0 Å². The van der Waals surface area contributed by atoms with E-state index in [-0.39, 0.29) is 5.91 Å². The van der Waals surface area contributed by atoms with Gasteiger partial charge in [-0.2, -0.15) is 0 Å². The highest BCUT2D eigenvalue weighted by molar-refractivity contribution is 5.78. The fraction of sp³-hybridized carbons (Fsp3) is 0.889. The largest absolute Gasteiger partial charge is 0.353 e. The van der Waals surface area contributed by atoms with Crippen LogP contribution in [-0.2, 0) is 4.79 Å². The lowest BCUT2D eigenvalue weighted by Gasteiger charge is -2.20. The molecule has 2 heteroatoms. The average molecular weight is 155 g/mol. The molecule has 0 spiro atoms. The maximum absolute atomic E-state index is 11.0. The molecule has 0 radical (unpaired) electrons. The van der Waals surface area contributed by atoms with Crippen molar-refractivity contribution in [2.24, 2.45) is 11.8 Å². The zero-order valence-corrected chi connectivity index (χ0v) is 7.55. The van der Waals surface area contributed by atoms with Crippen molar-refractivity contribution < 1.29 is 4.79 Å². The second-order valence-corrected chi connectivity index (χ2v) is 3.61. The molecule has 1 rings (SSSR count). The van der Waals surface area contributed by atoms with Crippen LogP contribution >= 0.6 is 0 Å². The van der Waals surface area contributed by atoms with Crippen LogP contribution in [0, 0.1) is 11.8 Å². The predicted octanol–water partition coefficient (Wildman–Crippen LogP) is 1.56. The van der Waals surface area contributed by atoms with E-state index in [1.165, 1.54) is 6.42 Å². The first-order valence-electron chi connectivity index (χ1n) is 4.44. The minimum absolute atomic E-state index is 0.225. The first-order chi connectivity index (χ1) is 5.15. The zero-order valence-electron chi connectivity index (χ0n) is 7.55. The third kappa shape index (κ3) is 1.73. The summed E-state index contributed by atoms with van der Waals surface area (Å²) >= 11 is 0. The second kappa shape index (κ2) is 3.24. The molecule has 0 aromatic carbocycles. The van der Waals surface area contributed by atoms with Crippen LogP contribution in [0.3, 0.4) is 0 Å². The van der Waals surface area contributed by atoms with Crippen molar-refractivity contribution in [2.45, 2.75) is 39.7 Å². The van der Waals surface area contributed by atoms with E-state index in [0.717, 1.165) is 6.42 Å². The molecule has 3 atom stereocenters. The van der Waals surface area contributed by atoms with E-state index >= 15 is 0 Å².